The molecule has 1 aromatic heterocycles. The number of rotatable bonds is 10. The van der Waals surface area contributed by atoms with E-state index in [9.17, 15) is 4.79 Å². The third-order valence-corrected chi connectivity index (χ3v) is 8.17. The Balaban J connectivity index is 1.27. The minimum Gasteiger partial charge on any atom is -0.415 e. The van der Waals surface area contributed by atoms with Gasteiger partial charge in [0.1, 0.15) is 0 Å². The van der Waals surface area contributed by atoms with Crippen LogP contribution in [-0.2, 0) is 10.2 Å². The molecule has 0 unspecified atom stereocenters. The Morgan fingerprint density at radius 3 is 2.46 bits per heavy atom. The van der Waals surface area contributed by atoms with Gasteiger partial charge in [-0.15, -0.1) is 10.2 Å². The normalized spacial score (nSPS) is 31.9. The van der Waals surface area contributed by atoms with Crippen LogP contribution in [0.4, 0.5) is 0 Å². The maximum absolute atomic E-state index is 12.2. The molecule has 1 atom stereocenters. The summed E-state index contributed by atoms with van der Waals surface area (Å²) < 4.78 is 6.08. The molecule has 1 N–H and O–H groups in total. The van der Waals surface area contributed by atoms with Crippen molar-refractivity contribution in [3.05, 3.63) is 5.89 Å². The lowest BCUT2D eigenvalue weighted by atomic mass is 9.49. The van der Waals surface area contributed by atoms with Gasteiger partial charge < -0.3 is 9.73 Å². The zero-order valence-electron chi connectivity index (χ0n) is 17.4. The van der Waals surface area contributed by atoms with E-state index in [4.69, 9.17) is 4.42 Å². The summed E-state index contributed by atoms with van der Waals surface area (Å²) in [6, 6.07) is 0. The lowest BCUT2D eigenvalue weighted by Gasteiger charge is -2.55. The molecule has 4 bridgehead atoms. The average Bonchev–Trinajstić information content (AvgIpc) is 3.15. The molecule has 0 radical (unpaired) electrons. The van der Waals surface area contributed by atoms with Gasteiger partial charge in [-0.05, 0) is 68.6 Å². The Morgan fingerprint density at radius 1 is 1.18 bits per heavy atom. The van der Waals surface area contributed by atoms with E-state index in [-0.39, 0.29) is 11.3 Å². The summed E-state index contributed by atoms with van der Waals surface area (Å²) in [7, 11) is 0. The third kappa shape index (κ3) is 4.42. The molecule has 4 saturated carbocycles. The zero-order valence-corrected chi connectivity index (χ0v) is 18.2. The minimum atomic E-state index is 0.0644. The second-order valence-electron chi connectivity index (χ2n) is 9.58. The summed E-state index contributed by atoms with van der Waals surface area (Å²) in [5.41, 5.74) is 0.135. The van der Waals surface area contributed by atoms with Crippen molar-refractivity contribution in [1.82, 2.24) is 15.5 Å². The molecule has 5 nitrogen and oxygen atoms in total. The second-order valence-corrected chi connectivity index (χ2v) is 10.5. The molecule has 1 aromatic rings. The van der Waals surface area contributed by atoms with Crippen LogP contribution in [0.3, 0.4) is 0 Å². The van der Waals surface area contributed by atoms with Crippen molar-refractivity contribution in [3.8, 4) is 0 Å². The first-order valence-electron chi connectivity index (χ1n) is 11.3. The summed E-state index contributed by atoms with van der Waals surface area (Å²) in [4.78, 5) is 12.2. The fraction of sp³-hybridized carbons (Fsp3) is 0.864. The molecule has 156 valence electrons. The Kier molecular flexibility index (Phi) is 6.34. The number of unbranched alkanes of at least 4 members (excludes halogenated alkanes) is 1. The molecular formula is C22H35N3O2S. The van der Waals surface area contributed by atoms with Crippen molar-refractivity contribution < 1.29 is 9.21 Å². The topological polar surface area (TPSA) is 68.0 Å². The maximum atomic E-state index is 12.2. The average molecular weight is 406 g/mol. The van der Waals surface area contributed by atoms with Crippen molar-refractivity contribution in [2.24, 2.45) is 23.7 Å². The quantitative estimate of drug-likeness (QED) is 0.557. The molecule has 0 saturated heterocycles. The number of thioether (sulfide) groups is 1. The zero-order chi connectivity index (χ0) is 19.6. The number of hydrogen-bond acceptors (Lipinski definition) is 5. The van der Waals surface area contributed by atoms with Gasteiger partial charge in [-0.1, -0.05) is 44.9 Å². The highest BCUT2D eigenvalue weighted by atomic mass is 32.2. The van der Waals surface area contributed by atoms with Crippen molar-refractivity contribution in [1.29, 1.82) is 0 Å². The fourth-order valence-corrected chi connectivity index (χ4v) is 6.83. The number of hydrogen-bond donors (Lipinski definition) is 1. The Hall–Kier alpha value is -1.04. The van der Waals surface area contributed by atoms with Crippen LogP contribution in [0.15, 0.2) is 9.64 Å². The molecular weight excluding hydrogens is 370 g/mol. The van der Waals surface area contributed by atoms with Gasteiger partial charge in [-0.3, -0.25) is 4.79 Å². The van der Waals surface area contributed by atoms with Gasteiger partial charge in [-0.2, -0.15) is 0 Å². The molecule has 1 amide bonds. The first-order chi connectivity index (χ1) is 13.6. The highest BCUT2D eigenvalue weighted by Gasteiger charge is 2.54. The molecule has 1 heterocycles. The standard InChI is InChI=1S/C22H35N3O2S/c1-3-5-6-15(4-2)13-23-19(26)14-28-21-25-24-20(27-21)22-10-16-7-17(11-22)9-18(8-16)12-22/h15-18H,3-14H2,1-2H3,(H,23,26)/t15-,16?,17?,18?,22?/m1/s1. The Morgan fingerprint density at radius 2 is 1.86 bits per heavy atom. The lowest BCUT2D eigenvalue weighted by molar-refractivity contribution is -0.118. The fourth-order valence-electron chi connectivity index (χ4n) is 6.23. The maximum Gasteiger partial charge on any atom is 0.277 e. The van der Waals surface area contributed by atoms with Crippen molar-refractivity contribution in [2.45, 2.75) is 88.7 Å². The summed E-state index contributed by atoms with van der Waals surface area (Å²) >= 11 is 1.38. The molecule has 4 fully saturated rings. The van der Waals surface area contributed by atoms with E-state index in [0.29, 0.717) is 16.9 Å². The molecule has 4 aliphatic carbocycles. The summed E-state index contributed by atoms with van der Waals surface area (Å²) in [5.74, 6) is 4.43. The molecule has 28 heavy (non-hydrogen) atoms. The van der Waals surface area contributed by atoms with E-state index in [0.717, 1.165) is 36.6 Å². The van der Waals surface area contributed by atoms with Crippen LogP contribution in [0.5, 0.6) is 0 Å². The van der Waals surface area contributed by atoms with E-state index in [1.807, 2.05) is 0 Å². The minimum absolute atomic E-state index is 0.0644. The number of amides is 1. The summed E-state index contributed by atoms with van der Waals surface area (Å²) in [6.45, 7) is 5.19. The van der Waals surface area contributed by atoms with Gasteiger partial charge in [0.25, 0.3) is 5.22 Å². The highest BCUT2D eigenvalue weighted by molar-refractivity contribution is 7.99. The van der Waals surface area contributed by atoms with E-state index in [1.54, 1.807) is 0 Å². The molecule has 0 aliphatic heterocycles. The number of nitrogens with one attached hydrogen (secondary N) is 1. The van der Waals surface area contributed by atoms with Gasteiger partial charge >= 0.3 is 0 Å². The van der Waals surface area contributed by atoms with Crippen molar-refractivity contribution in [3.63, 3.8) is 0 Å². The van der Waals surface area contributed by atoms with Crippen molar-refractivity contribution >= 4 is 17.7 Å². The van der Waals surface area contributed by atoms with Crippen LogP contribution >= 0.6 is 11.8 Å². The van der Waals surface area contributed by atoms with Gasteiger partial charge in [0, 0.05) is 12.0 Å². The predicted octanol–water partition coefficient (Wildman–Crippen LogP) is 4.96. The summed E-state index contributed by atoms with van der Waals surface area (Å²) in [6.07, 6.45) is 12.7. The molecule has 6 heteroatoms. The summed E-state index contributed by atoms with van der Waals surface area (Å²) in [5, 5.41) is 12.3. The van der Waals surface area contributed by atoms with Crippen LogP contribution in [-0.4, -0.2) is 28.4 Å². The molecule has 4 aliphatic rings. The number of nitrogens with zero attached hydrogens (tertiary/aromatic N) is 2. The lowest BCUT2D eigenvalue weighted by Crippen LogP contribution is -2.48. The van der Waals surface area contributed by atoms with Gasteiger partial charge in [0.2, 0.25) is 11.8 Å². The van der Waals surface area contributed by atoms with E-state index in [1.165, 1.54) is 69.5 Å². The van der Waals surface area contributed by atoms with Crippen LogP contribution in [0.1, 0.15) is 83.9 Å². The number of aromatic nitrogens is 2. The molecule has 5 rings (SSSR count). The Labute approximate surface area is 173 Å². The second kappa shape index (κ2) is 8.76. The van der Waals surface area contributed by atoms with Crippen molar-refractivity contribution in [2.75, 3.05) is 12.3 Å². The van der Waals surface area contributed by atoms with E-state index < -0.39 is 0 Å². The third-order valence-electron chi connectivity index (χ3n) is 7.36. The van der Waals surface area contributed by atoms with Gasteiger partial charge in [0.05, 0.1) is 5.75 Å². The predicted molar refractivity (Wildman–Crippen MR) is 111 cm³/mol. The number of carbonyl (C=O) groups is 1. The Bertz CT molecular complexity index is 639. The van der Waals surface area contributed by atoms with Gasteiger partial charge in [0.15, 0.2) is 0 Å². The SMILES string of the molecule is CCCC[C@@H](CC)CNC(=O)CSc1nnc(C23CC4CC(CC(C4)C2)C3)o1. The van der Waals surface area contributed by atoms with Crippen LogP contribution in [0.2, 0.25) is 0 Å². The highest BCUT2D eigenvalue weighted by Crippen LogP contribution is 2.60. The molecule has 0 aromatic carbocycles. The molecule has 0 spiro atoms. The van der Waals surface area contributed by atoms with Crippen LogP contribution in [0, 0.1) is 23.7 Å². The van der Waals surface area contributed by atoms with E-state index in [2.05, 4.69) is 29.4 Å². The first kappa shape index (κ1) is 20.2. The largest absolute Gasteiger partial charge is 0.415 e. The first-order valence-corrected chi connectivity index (χ1v) is 12.3. The van der Waals surface area contributed by atoms with Crippen LogP contribution < -0.4 is 5.32 Å². The number of carbonyl (C=O) groups excluding carboxylic acids is 1. The smallest absolute Gasteiger partial charge is 0.277 e. The van der Waals surface area contributed by atoms with E-state index >= 15 is 0 Å². The van der Waals surface area contributed by atoms with Crippen LogP contribution in [0.25, 0.3) is 0 Å². The van der Waals surface area contributed by atoms with Gasteiger partial charge in [-0.25, -0.2) is 0 Å². The monoisotopic (exact) mass is 405 g/mol.